The summed E-state index contributed by atoms with van der Waals surface area (Å²) >= 11 is 1.56. The third-order valence-corrected chi connectivity index (χ3v) is 4.71. The average Bonchev–Trinajstić information content (AvgIpc) is 3.06. The number of ketones is 1. The number of aromatic nitrogens is 2. The molecule has 0 unspecified atom stereocenters. The molecule has 0 amide bonds. The standard InChI is InChI=1S/C16H17N3O3S/c1-4-7-19-14-12(15(21)18(3)16(19)22)13(20)11(17-14)8-10-6-5-9(2)23-10/h5-6,8,17H,4,7H2,1-3H3. The lowest BCUT2D eigenvalue weighted by atomic mass is 10.2. The normalized spacial score (nSPS) is 15.1. The molecule has 0 spiro atoms. The molecule has 120 valence electrons. The molecular weight excluding hydrogens is 314 g/mol. The number of Topliss-reactive ketones (excluding diaryl/α,β-unsaturated/α-hetero) is 1. The number of rotatable bonds is 3. The summed E-state index contributed by atoms with van der Waals surface area (Å²) in [5.41, 5.74) is -0.598. The summed E-state index contributed by atoms with van der Waals surface area (Å²) in [5.74, 6) is -0.0546. The van der Waals surface area contributed by atoms with Crippen LogP contribution < -0.4 is 16.6 Å². The van der Waals surface area contributed by atoms with Crippen LogP contribution in [-0.4, -0.2) is 14.9 Å². The van der Waals surface area contributed by atoms with Crippen molar-refractivity contribution in [1.29, 1.82) is 0 Å². The van der Waals surface area contributed by atoms with Crippen LogP contribution in [0.15, 0.2) is 27.4 Å². The van der Waals surface area contributed by atoms with Gasteiger partial charge in [-0.25, -0.2) is 4.79 Å². The van der Waals surface area contributed by atoms with Crippen molar-refractivity contribution < 1.29 is 4.79 Å². The second-order valence-electron chi connectivity index (χ2n) is 5.48. The molecule has 2 aromatic heterocycles. The fourth-order valence-corrected chi connectivity index (χ4v) is 3.45. The van der Waals surface area contributed by atoms with Crippen LogP contribution in [0.3, 0.4) is 0 Å². The lowest BCUT2D eigenvalue weighted by Gasteiger charge is -2.11. The first kappa shape index (κ1) is 15.5. The Labute approximate surface area is 136 Å². The molecule has 0 bridgehead atoms. The van der Waals surface area contributed by atoms with Gasteiger partial charge in [-0.15, -0.1) is 11.3 Å². The van der Waals surface area contributed by atoms with Crippen LogP contribution in [-0.2, 0) is 13.6 Å². The van der Waals surface area contributed by atoms with Gasteiger partial charge in [-0.05, 0) is 31.6 Å². The second-order valence-corrected chi connectivity index (χ2v) is 6.80. The summed E-state index contributed by atoms with van der Waals surface area (Å²) in [5, 5.41) is 2.97. The topological polar surface area (TPSA) is 73.1 Å². The van der Waals surface area contributed by atoms with Gasteiger partial charge in [0.25, 0.3) is 5.56 Å². The zero-order chi connectivity index (χ0) is 16.7. The highest BCUT2D eigenvalue weighted by molar-refractivity contribution is 7.12. The Hall–Kier alpha value is -2.41. The molecule has 1 aliphatic rings. The molecule has 23 heavy (non-hydrogen) atoms. The van der Waals surface area contributed by atoms with E-state index in [9.17, 15) is 14.4 Å². The summed E-state index contributed by atoms with van der Waals surface area (Å²) in [6.45, 7) is 4.37. The van der Waals surface area contributed by atoms with E-state index in [1.807, 2.05) is 26.0 Å². The summed E-state index contributed by atoms with van der Waals surface area (Å²) in [4.78, 5) is 39.2. The van der Waals surface area contributed by atoms with Crippen LogP contribution in [0.4, 0.5) is 5.82 Å². The SMILES string of the molecule is CCCn1c2c(c(=O)n(C)c1=O)C(=O)C(=Cc1ccc(C)s1)N2. The Morgan fingerprint density at radius 1 is 1.26 bits per heavy atom. The number of aryl methyl sites for hydroxylation is 1. The van der Waals surface area contributed by atoms with Crippen LogP contribution in [0.2, 0.25) is 0 Å². The molecule has 1 aliphatic heterocycles. The van der Waals surface area contributed by atoms with Gasteiger partial charge >= 0.3 is 5.69 Å². The van der Waals surface area contributed by atoms with Crippen molar-refractivity contribution in [3.8, 4) is 0 Å². The Bertz CT molecular complexity index is 946. The third-order valence-electron chi connectivity index (χ3n) is 3.76. The van der Waals surface area contributed by atoms with Gasteiger partial charge in [0, 0.05) is 23.3 Å². The van der Waals surface area contributed by atoms with Gasteiger partial charge in [0.2, 0.25) is 5.78 Å². The Morgan fingerprint density at radius 2 is 2.00 bits per heavy atom. The Morgan fingerprint density at radius 3 is 2.61 bits per heavy atom. The van der Waals surface area contributed by atoms with E-state index < -0.39 is 11.2 Å². The van der Waals surface area contributed by atoms with E-state index in [0.29, 0.717) is 18.1 Å². The molecule has 3 rings (SSSR count). The molecule has 0 saturated carbocycles. The van der Waals surface area contributed by atoms with E-state index >= 15 is 0 Å². The Balaban J connectivity index is 2.17. The summed E-state index contributed by atoms with van der Waals surface area (Å²) in [7, 11) is 1.40. The average molecular weight is 331 g/mol. The molecule has 0 aliphatic carbocycles. The first-order valence-electron chi connectivity index (χ1n) is 7.37. The summed E-state index contributed by atoms with van der Waals surface area (Å²) in [6, 6.07) is 3.89. The molecule has 6 nitrogen and oxygen atoms in total. The van der Waals surface area contributed by atoms with Crippen LogP contribution in [0.5, 0.6) is 0 Å². The van der Waals surface area contributed by atoms with E-state index in [4.69, 9.17) is 0 Å². The summed E-state index contributed by atoms with van der Waals surface area (Å²) < 4.78 is 2.45. The minimum Gasteiger partial charge on any atom is -0.337 e. The van der Waals surface area contributed by atoms with E-state index in [-0.39, 0.29) is 11.3 Å². The fourth-order valence-electron chi connectivity index (χ4n) is 2.63. The van der Waals surface area contributed by atoms with Gasteiger partial charge in [-0.1, -0.05) is 6.92 Å². The van der Waals surface area contributed by atoms with Crippen molar-refractivity contribution in [1.82, 2.24) is 9.13 Å². The molecule has 0 radical (unpaired) electrons. The number of allylic oxidation sites excluding steroid dienone is 1. The van der Waals surface area contributed by atoms with Gasteiger partial charge in [-0.2, -0.15) is 0 Å². The number of carbonyl (C=O) groups excluding carboxylic acids is 1. The van der Waals surface area contributed by atoms with Crippen molar-refractivity contribution in [2.45, 2.75) is 26.8 Å². The quantitative estimate of drug-likeness (QED) is 0.873. The van der Waals surface area contributed by atoms with Gasteiger partial charge in [-0.3, -0.25) is 18.7 Å². The summed E-state index contributed by atoms with van der Waals surface area (Å²) in [6.07, 6.45) is 2.45. The molecule has 0 atom stereocenters. The van der Waals surface area contributed by atoms with Gasteiger partial charge in [0.05, 0.1) is 5.70 Å². The maximum absolute atomic E-state index is 12.6. The highest BCUT2D eigenvalue weighted by Gasteiger charge is 2.32. The number of hydrogen-bond donors (Lipinski definition) is 1. The smallest absolute Gasteiger partial charge is 0.332 e. The van der Waals surface area contributed by atoms with Crippen LogP contribution in [0.25, 0.3) is 6.08 Å². The molecule has 0 aromatic carbocycles. The van der Waals surface area contributed by atoms with Crippen molar-refractivity contribution in [3.63, 3.8) is 0 Å². The number of nitrogens with zero attached hydrogens (tertiary/aromatic N) is 2. The highest BCUT2D eigenvalue weighted by Crippen LogP contribution is 2.27. The minimum absolute atomic E-state index is 0.0417. The number of carbonyl (C=O) groups is 1. The zero-order valence-electron chi connectivity index (χ0n) is 13.2. The highest BCUT2D eigenvalue weighted by atomic mass is 32.1. The molecule has 0 fully saturated rings. The van der Waals surface area contributed by atoms with Crippen LogP contribution in [0.1, 0.15) is 33.5 Å². The predicted molar refractivity (Wildman–Crippen MR) is 91.2 cm³/mol. The number of anilines is 1. The second kappa shape index (κ2) is 5.66. The van der Waals surface area contributed by atoms with Crippen LogP contribution >= 0.6 is 11.3 Å². The molecule has 0 saturated heterocycles. The van der Waals surface area contributed by atoms with Crippen molar-refractivity contribution >= 4 is 29.0 Å². The zero-order valence-corrected chi connectivity index (χ0v) is 14.0. The number of nitrogens with one attached hydrogen (secondary N) is 1. The van der Waals surface area contributed by atoms with Crippen molar-refractivity contribution in [2.24, 2.45) is 7.05 Å². The molecule has 7 heteroatoms. The minimum atomic E-state index is -0.555. The molecule has 3 heterocycles. The molecule has 1 N–H and O–H groups in total. The van der Waals surface area contributed by atoms with Crippen molar-refractivity contribution in [2.75, 3.05) is 5.32 Å². The van der Waals surface area contributed by atoms with Gasteiger partial charge in [0.15, 0.2) is 0 Å². The number of thiophene rings is 1. The van der Waals surface area contributed by atoms with E-state index in [0.717, 1.165) is 20.7 Å². The fraction of sp³-hybridized carbons (Fsp3) is 0.312. The Kier molecular flexibility index (Phi) is 3.81. The molecular formula is C16H17N3O3S. The largest absolute Gasteiger partial charge is 0.337 e. The number of fused-ring (bicyclic) bond motifs is 1. The first-order valence-corrected chi connectivity index (χ1v) is 8.19. The van der Waals surface area contributed by atoms with Gasteiger partial charge in [0.1, 0.15) is 11.4 Å². The monoisotopic (exact) mass is 331 g/mol. The van der Waals surface area contributed by atoms with Crippen molar-refractivity contribution in [3.05, 3.63) is 54.0 Å². The third kappa shape index (κ3) is 2.46. The maximum Gasteiger partial charge on any atom is 0.332 e. The molecule has 2 aromatic rings. The maximum atomic E-state index is 12.6. The first-order chi connectivity index (χ1) is 10.9. The lowest BCUT2D eigenvalue weighted by Crippen LogP contribution is -2.40. The van der Waals surface area contributed by atoms with Crippen LogP contribution in [0, 0.1) is 6.92 Å². The van der Waals surface area contributed by atoms with Gasteiger partial charge < -0.3 is 5.32 Å². The van der Waals surface area contributed by atoms with E-state index in [2.05, 4.69) is 5.32 Å². The lowest BCUT2D eigenvalue weighted by molar-refractivity contribution is 0.104. The predicted octanol–water partition coefficient (Wildman–Crippen LogP) is 1.98. The van der Waals surface area contributed by atoms with E-state index in [1.54, 1.807) is 17.4 Å². The van der Waals surface area contributed by atoms with E-state index in [1.165, 1.54) is 11.6 Å². The number of hydrogen-bond acceptors (Lipinski definition) is 5.